The third-order valence-corrected chi connectivity index (χ3v) is 7.77. The number of carbonyl (C=O) groups excluding carboxylic acids is 1. The van der Waals surface area contributed by atoms with Crippen LogP contribution in [0.4, 0.5) is 11.4 Å². The summed E-state index contributed by atoms with van der Waals surface area (Å²) in [6, 6.07) is 31.8. The molecule has 2 atom stereocenters. The van der Waals surface area contributed by atoms with E-state index < -0.39 is 12.2 Å². The van der Waals surface area contributed by atoms with Gasteiger partial charge in [-0.05, 0) is 84.0 Å². The van der Waals surface area contributed by atoms with Gasteiger partial charge in [0.2, 0.25) is 0 Å². The summed E-state index contributed by atoms with van der Waals surface area (Å²) in [5.41, 5.74) is 3.82. The molecule has 0 bridgehead atoms. The van der Waals surface area contributed by atoms with Gasteiger partial charge in [-0.1, -0.05) is 54.1 Å². The topological polar surface area (TPSA) is 66.1 Å². The van der Waals surface area contributed by atoms with Gasteiger partial charge in [0.25, 0.3) is 5.91 Å². The molecule has 0 unspecified atom stereocenters. The second-order valence-electron chi connectivity index (χ2n) is 9.56. The lowest BCUT2D eigenvalue weighted by atomic mass is 9.92. The molecule has 0 fully saturated rings. The number of para-hydroxylation sites is 1. The van der Waals surface area contributed by atoms with Crippen LogP contribution in [0, 0.1) is 0 Å². The number of carbonyl (C=O) groups is 1. The first kappa shape index (κ1) is 26.7. The summed E-state index contributed by atoms with van der Waals surface area (Å²) in [7, 11) is 3.25. The molecular weight excluding hydrogens is 556 g/mol. The molecule has 2 N–H and O–H groups in total. The van der Waals surface area contributed by atoms with Gasteiger partial charge in [-0.25, -0.2) is 0 Å². The molecule has 0 saturated carbocycles. The van der Waals surface area contributed by atoms with Crippen LogP contribution in [0.5, 0.6) is 11.5 Å². The van der Waals surface area contributed by atoms with Crippen molar-refractivity contribution < 1.29 is 14.3 Å². The molecule has 0 aromatic heterocycles. The average molecular weight is 583 g/mol. The molecular formula is C32H27ClN4O3S. The Balaban J connectivity index is 1.56. The highest BCUT2D eigenvalue weighted by atomic mass is 35.5. The number of nitrogens with one attached hydrogen (secondary N) is 2. The van der Waals surface area contributed by atoms with Crippen molar-refractivity contribution in [3.8, 4) is 11.5 Å². The predicted octanol–water partition coefficient (Wildman–Crippen LogP) is 6.34. The maximum absolute atomic E-state index is 14.8. The summed E-state index contributed by atoms with van der Waals surface area (Å²) in [6.45, 7) is 0. The Bertz CT molecular complexity index is 1610. The normalized spacial score (nSPS) is 18.4. The minimum absolute atomic E-state index is 0.168. The molecule has 2 aliphatic heterocycles. The number of rotatable bonds is 6. The quantitative estimate of drug-likeness (QED) is 0.257. The molecule has 0 spiro atoms. The Morgan fingerprint density at radius 2 is 1.32 bits per heavy atom. The van der Waals surface area contributed by atoms with Crippen molar-refractivity contribution in [2.75, 3.05) is 24.0 Å². The highest BCUT2D eigenvalue weighted by molar-refractivity contribution is 7.80. The lowest BCUT2D eigenvalue weighted by molar-refractivity contribution is -0.116. The first-order valence-electron chi connectivity index (χ1n) is 13.0. The minimum atomic E-state index is -0.544. The molecule has 4 aromatic carbocycles. The summed E-state index contributed by atoms with van der Waals surface area (Å²) < 4.78 is 10.8. The maximum Gasteiger partial charge on any atom is 0.262 e. The van der Waals surface area contributed by atoms with E-state index in [-0.39, 0.29) is 5.91 Å². The molecule has 2 heterocycles. The monoisotopic (exact) mass is 582 g/mol. The molecule has 0 radical (unpaired) electrons. The van der Waals surface area contributed by atoms with E-state index in [2.05, 4.69) is 10.6 Å². The number of nitrogens with zero attached hydrogens (tertiary/aromatic N) is 2. The van der Waals surface area contributed by atoms with Crippen molar-refractivity contribution in [2.45, 2.75) is 12.2 Å². The second kappa shape index (κ2) is 11.2. The van der Waals surface area contributed by atoms with Gasteiger partial charge in [-0.3, -0.25) is 14.6 Å². The molecule has 6 rings (SSSR count). The Kier molecular flexibility index (Phi) is 7.26. The van der Waals surface area contributed by atoms with Gasteiger partial charge in [0.1, 0.15) is 23.5 Å². The van der Waals surface area contributed by atoms with E-state index >= 15 is 0 Å². The molecule has 7 nitrogen and oxygen atoms in total. The van der Waals surface area contributed by atoms with Crippen LogP contribution in [0.3, 0.4) is 0 Å². The zero-order chi connectivity index (χ0) is 28.5. The van der Waals surface area contributed by atoms with Crippen LogP contribution in [-0.4, -0.2) is 25.2 Å². The van der Waals surface area contributed by atoms with E-state index in [1.54, 1.807) is 31.3 Å². The number of hydrogen-bond donors (Lipinski definition) is 2. The number of amides is 1. The summed E-state index contributed by atoms with van der Waals surface area (Å²) in [6.07, 6.45) is -0.544. The molecule has 0 aliphatic carbocycles. The number of thiocarbonyl (C=S) groups is 1. The number of ether oxygens (including phenoxy) is 2. The molecule has 0 saturated heterocycles. The SMILES string of the molecule is COc1ccc([C@@H]2NC(=S)N(c3ccccc3)C3=C2C(=O)N(c2ccc(Cl)cc2)[C@H](c2ccc(OC)cc2)N3)cc1. The van der Waals surface area contributed by atoms with Gasteiger partial charge < -0.3 is 20.1 Å². The average Bonchev–Trinajstić information content (AvgIpc) is 3.01. The highest BCUT2D eigenvalue weighted by Gasteiger charge is 2.45. The van der Waals surface area contributed by atoms with E-state index in [0.29, 0.717) is 27.2 Å². The van der Waals surface area contributed by atoms with E-state index in [1.165, 1.54) is 0 Å². The van der Waals surface area contributed by atoms with Gasteiger partial charge in [0.05, 0.1) is 25.8 Å². The number of benzene rings is 4. The molecule has 2 aliphatic rings. The highest BCUT2D eigenvalue weighted by Crippen LogP contribution is 2.41. The molecule has 1 amide bonds. The van der Waals surface area contributed by atoms with Crippen LogP contribution in [0.15, 0.2) is 115 Å². The third kappa shape index (κ3) is 4.96. The van der Waals surface area contributed by atoms with Crippen molar-refractivity contribution in [3.05, 3.63) is 131 Å². The molecule has 4 aromatic rings. The lowest BCUT2D eigenvalue weighted by Gasteiger charge is -2.47. The van der Waals surface area contributed by atoms with Gasteiger partial charge in [0.15, 0.2) is 5.11 Å². The van der Waals surface area contributed by atoms with Crippen LogP contribution in [0.25, 0.3) is 0 Å². The van der Waals surface area contributed by atoms with E-state index in [0.717, 1.165) is 28.3 Å². The third-order valence-electron chi connectivity index (χ3n) is 7.22. The van der Waals surface area contributed by atoms with Crippen molar-refractivity contribution in [2.24, 2.45) is 0 Å². The Morgan fingerprint density at radius 1 is 0.732 bits per heavy atom. The van der Waals surface area contributed by atoms with Gasteiger partial charge in [0, 0.05) is 16.4 Å². The summed E-state index contributed by atoms with van der Waals surface area (Å²) in [5, 5.41) is 8.18. The van der Waals surface area contributed by atoms with E-state index in [9.17, 15) is 4.79 Å². The lowest BCUT2D eigenvalue weighted by Crippen LogP contribution is -2.59. The van der Waals surface area contributed by atoms with Crippen molar-refractivity contribution in [1.29, 1.82) is 0 Å². The number of hydrogen-bond acceptors (Lipinski definition) is 5. The zero-order valence-corrected chi connectivity index (χ0v) is 23.9. The number of halogens is 1. The number of anilines is 2. The standard InChI is InChI=1S/C32H27ClN4O3S/c1-39-25-16-8-20(9-17-25)28-27-30(37(32(41)34-28)23-6-4-3-5-7-23)35-29(21-10-18-26(40-2)19-11-21)36(31(27)38)24-14-12-22(33)13-15-24/h3-19,28-29,35H,1-2H3,(H,34,41)/t28-,29+/m0/s1. The number of methoxy groups -OCH3 is 2. The Labute approximate surface area is 248 Å². The summed E-state index contributed by atoms with van der Waals surface area (Å²) in [5.74, 6) is 1.90. The van der Waals surface area contributed by atoms with E-state index in [4.69, 9.17) is 33.3 Å². The van der Waals surface area contributed by atoms with Crippen molar-refractivity contribution in [1.82, 2.24) is 10.6 Å². The van der Waals surface area contributed by atoms with Crippen LogP contribution < -0.4 is 29.9 Å². The summed E-state index contributed by atoms with van der Waals surface area (Å²) >= 11 is 12.2. The largest absolute Gasteiger partial charge is 0.497 e. The molecule has 9 heteroatoms. The molecule has 206 valence electrons. The predicted molar refractivity (Wildman–Crippen MR) is 165 cm³/mol. The van der Waals surface area contributed by atoms with Crippen molar-refractivity contribution in [3.63, 3.8) is 0 Å². The van der Waals surface area contributed by atoms with Crippen LogP contribution in [0.2, 0.25) is 5.02 Å². The molecule has 41 heavy (non-hydrogen) atoms. The first-order chi connectivity index (χ1) is 20.0. The second-order valence-corrected chi connectivity index (χ2v) is 10.4. The van der Waals surface area contributed by atoms with E-state index in [1.807, 2.05) is 95.9 Å². The fourth-order valence-corrected chi connectivity index (χ4v) is 5.62. The van der Waals surface area contributed by atoms with Crippen LogP contribution in [-0.2, 0) is 4.79 Å². The van der Waals surface area contributed by atoms with Gasteiger partial charge in [-0.15, -0.1) is 0 Å². The van der Waals surface area contributed by atoms with Crippen LogP contribution in [0.1, 0.15) is 23.3 Å². The smallest absolute Gasteiger partial charge is 0.262 e. The minimum Gasteiger partial charge on any atom is -0.497 e. The zero-order valence-electron chi connectivity index (χ0n) is 22.4. The summed E-state index contributed by atoms with van der Waals surface area (Å²) in [4.78, 5) is 18.4. The van der Waals surface area contributed by atoms with Crippen LogP contribution >= 0.6 is 23.8 Å². The fraction of sp³-hybridized carbons (Fsp3) is 0.125. The Morgan fingerprint density at radius 3 is 1.90 bits per heavy atom. The van der Waals surface area contributed by atoms with Gasteiger partial charge >= 0.3 is 0 Å². The van der Waals surface area contributed by atoms with Gasteiger partial charge in [-0.2, -0.15) is 0 Å². The van der Waals surface area contributed by atoms with Crippen molar-refractivity contribution >= 4 is 46.2 Å². The maximum atomic E-state index is 14.8. The first-order valence-corrected chi connectivity index (χ1v) is 13.8. The Hall–Kier alpha value is -4.53. The fourth-order valence-electron chi connectivity index (χ4n) is 5.18.